The fraction of sp³-hybridized carbons (Fsp3) is 1.00. The summed E-state index contributed by atoms with van der Waals surface area (Å²) in [6, 6.07) is 0. The van der Waals surface area contributed by atoms with Crippen molar-refractivity contribution in [1.29, 1.82) is 0 Å². The van der Waals surface area contributed by atoms with Gasteiger partial charge in [0.2, 0.25) is 0 Å². The molecule has 170 valence electrons. The average Bonchev–Trinajstić information content (AvgIpc) is 2.72. The van der Waals surface area contributed by atoms with Gasteiger partial charge in [-0.3, -0.25) is 9.80 Å². The summed E-state index contributed by atoms with van der Waals surface area (Å²) in [6.07, 6.45) is 7.91. The summed E-state index contributed by atoms with van der Waals surface area (Å²) in [6.45, 7) is 17.7. The molecule has 1 saturated carbocycles. The zero-order chi connectivity index (χ0) is 20.6. The number of aliphatic hydroxyl groups excluding tert-OH is 1. The Bertz CT molecular complexity index is 447. The molecule has 0 aromatic carbocycles. The maximum atomic E-state index is 10.6. The highest BCUT2D eigenvalue weighted by atomic mass is 16.5. The van der Waals surface area contributed by atoms with Gasteiger partial charge < -0.3 is 14.7 Å². The van der Waals surface area contributed by atoms with Crippen LogP contribution in [-0.2, 0) is 4.74 Å². The molecular weight excluding hydrogens is 362 g/mol. The Morgan fingerprint density at radius 2 is 1.48 bits per heavy atom. The van der Waals surface area contributed by atoms with Crippen molar-refractivity contribution >= 4 is 0 Å². The maximum absolute atomic E-state index is 10.6. The molecule has 5 heteroatoms. The van der Waals surface area contributed by atoms with Gasteiger partial charge in [-0.05, 0) is 56.5 Å². The van der Waals surface area contributed by atoms with E-state index in [9.17, 15) is 5.11 Å². The topological polar surface area (TPSA) is 39.2 Å². The normalized spacial score (nSPS) is 32.0. The Kier molecular flexibility index (Phi) is 9.70. The van der Waals surface area contributed by atoms with Crippen molar-refractivity contribution in [3.8, 4) is 0 Å². The molecule has 0 aromatic heterocycles. The van der Waals surface area contributed by atoms with Gasteiger partial charge in [-0.1, -0.05) is 33.6 Å². The third-order valence-corrected chi connectivity index (χ3v) is 7.58. The second-order valence-corrected chi connectivity index (χ2v) is 10.4. The Hall–Kier alpha value is -0.200. The highest BCUT2D eigenvalue weighted by Gasteiger charge is 2.32. The van der Waals surface area contributed by atoms with Gasteiger partial charge in [0, 0.05) is 45.8 Å². The van der Waals surface area contributed by atoms with Gasteiger partial charge in [-0.25, -0.2) is 0 Å². The third-order valence-electron chi connectivity index (χ3n) is 7.58. The number of rotatable bonds is 9. The number of piperidine rings is 1. The van der Waals surface area contributed by atoms with Crippen LogP contribution in [0.4, 0.5) is 0 Å². The summed E-state index contributed by atoms with van der Waals surface area (Å²) in [5, 5.41) is 10.6. The molecule has 5 nitrogen and oxygen atoms in total. The third kappa shape index (κ3) is 7.77. The van der Waals surface area contributed by atoms with Gasteiger partial charge >= 0.3 is 0 Å². The van der Waals surface area contributed by atoms with Gasteiger partial charge in [0.05, 0.1) is 18.8 Å². The number of ether oxygens (including phenoxy) is 1. The second-order valence-electron chi connectivity index (χ2n) is 10.4. The van der Waals surface area contributed by atoms with E-state index in [1.807, 2.05) is 0 Å². The van der Waals surface area contributed by atoms with Crippen LogP contribution in [0, 0.1) is 17.8 Å². The van der Waals surface area contributed by atoms with Crippen LogP contribution >= 0.6 is 0 Å². The summed E-state index contributed by atoms with van der Waals surface area (Å²) in [4.78, 5) is 7.66. The average molecular weight is 410 g/mol. The lowest BCUT2D eigenvalue weighted by Gasteiger charge is -2.39. The van der Waals surface area contributed by atoms with E-state index >= 15 is 0 Å². The molecule has 2 aliphatic heterocycles. The monoisotopic (exact) mass is 409 g/mol. The van der Waals surface area contributed by atoms with Crippen LogP contribution in [0.5, 0.6) is 0 Å². The second kappa shape index (κ2) is 12.0. The van der Waals surface area contributed by atoms with E-state index in [-0.39, 0.29) is 6.10 Å². The lowest BCUT2D eigenvalue weighted by Crippen LogP contribution is -2.51. The molecule has 3 aliphatic rings. The Labute approximate surface area is 179 Å². The largest absolute Gasteiger partial charge is 0.389 e. The van der Waals surface area contributed by atoms with Crippen molar-refractivity contribution in [2.24, 2.45) is 17.8 Å². The van der Waals surface area contributed by atoms with E-state index in [2.05, 4.69) is 35.5 Å². The van der Waals surface area contributed by atoms with Crippen molar-refractivity contribution in [3.63, 3.8) is 0 Å². The maximum Gasteiger partial charge on any atom is 0.0900 e. The van der Waals surface area contributed by atoms with Crippen molar-refractivity contribution < 1.29 is 9.84 Å². The number of piperazine rings is 1. The van der Waals surface area contributed by atoms with E-state index in [0.29, 0.717) is 24.5 Å². The van der Waals surface area contributed by atoms with Crippen LogP contribution in [0.15, 0.2) is 0 Å². The first-order chi connectivity index (χ1) is 14.0. The fourth-order valence-corrected chi connectivity index (χ4v) is 5.55. The molecular formula is C24H47N3O2. The molecule has 29 heavy (non-hydrogen) atoms. The standard InChI is InChI=1S/C24H47N3O2/c1-20(2)23-8-7-21(3)17-24(23)29-19-22(28)18-27-15-13-26(14-16-27)12-11-25-9-5-4-6-10-25/h20-24,28H,4-19H2,1-3H3. The van der Waals surface area contributed by atoms with Crippen molar-refractivity contribution in [2.45, 2.75) is 71.5 Å². The van der Waals surface area contributed by atoms with Crippen molar-refractivity contribution in [3.05, 3.63) is 0 Å². The number of hydrogen-bond acceptors (Lipinski definition) is 5. The Morgan fingerprint density at radius 1 is 0.862 bits per heavy atom. The molecule has 1 N–H and O–H groups in total. The summed E-state index contributed by atoms with van der Waals surface area (Å²) in [5.41, 5.74) is 0. The predicted molar refractivity (Wildman–Crippen MR) is 120 cm³/mol. The molecule has 3 rings (SSSR count). The Balaban J connectivity index is 1.30. The summed E-state index contributed by atoms with van der Waals surface area (Å²) < 4.78 is 6.26. The van der Waals surface area contributed by atoms with Gasteiger partial charge in [0.25, 0.3) is 0 Å². The van der Waals surface area contributed by atoms with Crippen LogP contribution in [0.25, 0.3) is 0 Å². The lowest BCUT2D eigenvalue weighted by atomic mass is 9.75. The molecule has 1 aliphatic carbocycles. The molecule has 2 heterocycles. The SMILES string of the molecule is CC1CCC(C(C)C)C(OCC(O)CN2CCN(CCN3CCCCC3)CC2)C1. The van der Waals surface area contributed by atoms with Gasteiger partial charge in [-0.15, -0.1) is 0 Å². The molecule has 0 aromatic rings. The Morgan fingerprint density at radius 3 is 2.14 bits per heavy atom. The van der Waals surface area contributed by atoms with Crippen LogP contribution in [0.2, 0.25) is 0 Å². The fourth-order valence-electron chi connectivity index (χ4n) is 5.55. The van der Waals surface area contributed by atoms with E-state index in [0.717, 1.165) is 45.1 Å². The highest BCUT2D eigenvalue weighted by molar-refractivity contribution is 4.82. The van der Waals surface area contributed by atoms with E-state index in [4.69, 9.17) is 4.74 Å². The van der Waals surface area contributed by atoms with Gasteiger partial charge in [-0.2, -0.15) is 0 Å². The predicted octanol–water partition coefficient (Wildman–Crippen LogP) is 2.93. The van der Waals surface area contributed by atoms with Crippen LogP contribution in [-0.4, -0.2) is 97.5 Å². The van der Waals surface area contributed by atoms with Crippen LogP contribution in [0.3, 0.4) is 0 Å². The molecule has 4 atom stereocenters. The molecule has 0 spiro atoms. The van der Waals surface area contributed by atoms with Gasteiger partial charge in [0.1, 0.15) is 0 Å². The molecule has 2 saturated heterocycles. The minimum absolute atomic E-state index is 0.333. The van der Waals surface area contributed by atoms with Crippen molar-refractivity contribution in [2.75, 3.05) is 65.5 Å². The molecule has 4 unspecified atom stereocenters. The highest BCUT2D eigenvalue weighted by Crippen LogP contribution is 2.35. The number of β-amino-alcohol motifs (C(OH)–C–C–N with tert-alkyl or cyclic N) is 1. The summed E-state index contributed by atoms with van der Waals surface area (Å²) >= 11 is 0. The smallest absolute Gasteiger partial charge is 0.0900 e. The first-order valence-corrected chi connectivity index (χ1v) is 12.5. The molecule has 0 amide bonds. The summed E-state index contributed by atoms with van der Waals surface area (Å²) in [7, 11) is 0. The van der Waals surface area contributed by atoms with Crippen LogP contribution in [0.1, 0.15) is 59.3 Å². The molecule has 0 radical (unpaired) electrons. The lowest BCUT2D eigenvalue weighted by molar-refractivity contribution is -0.0754. The minimum atomic E-state index is -0.361. The number of nitrogens with zero attached hydrogens (tertiary/aromatic N) is 3. The zero-order valence-corrected chi connectivity index (χ0v) is 19.4. The zero-order valence-electron chi connectivity index (χ0n) is 19.4. The minimum Gasteiger partial charge on any atom is -0.389 e. The van der Waals surface area contributed by atoms with E-state index < -0.39 is 0 Å². The number of aliphatic hydroxyl groups is 1. The summed E-state index contributed by atoms with van der Waals surface area (Å²) in [5.74, 6) is 2.08. The first-order valence-electron chi connectivity index (χ1n) is 12.5. The molecule has 3 fully saturated rings. The van der Waals surface area contributed by atoms with Crippen molar-refractivity contribution in [1.82, 2.24) is 14.7 Å². The van der Waals surface area contributed by atoms with Gasteiger partial charge in [0.15, 0.2) is 0 Å². The number of hydrogen-bond donors (Lipinski definition) is 1. The number of likely N-dealkylation sites (tertiary alicyclic amines) is 1. The first kappa shape index (κ1) is 23.5. The quantitative estimate of drug-likeness (QED) is 0.634. The van der Waals surface area contributed by atoms with E-state index in [1.54, 1.807) is 0 Å². The van der Waals surface area contributed by atoms with Crippen LogP contribution < -0.4 is 0 Å². The molecule has 0 bridgehead atoms. The van der Waals surface area contributed by atoms with E-state index in [1.165, 1.54) is 58.3 Å².